The van der Waals surface area contributed by atoms with Gasteiger partial charge in [0, 0.05) is 24.2 Å². The van der Waals surface area contributed by atoms with E-state index in [1.165, 1.54) is 30.0 Å². The maximum absolute atomic E-state index is 12.1. The zero-order valence-electron chi connectivity index (χ0n) is 14.3. The number of aromatic nitrogens is 3. The number of hydrogen-bond acceptors (Lipinski definition) is 6. The Balaban J connectivity index is 2.05. The lowest BCUT2D eigenvalue weighted by atomic mass is 10.2. The van der Waals surface area contributed by atoms with E-state index in [1.54, 1.807) is 6.08 Å². The average Bonchev–Trinajstić information content (AvgIpc) is 2.98. The van der Waals surface area contributed by atoms with E-state index < -0.39 is 4.92 Å². The number of anilines is 1. The van der Waals surface area contributed by atoms with Gasteiger partial charge in [-0.1, -0.05) is 43.3 Å². The molecule has 0 radical (unpaired) electrons. The molecule has 0 atom stereocenters. The Bertz CT molecular complexity index is 837. The summed E-state index contributed by atoms with van der Waals surface area (Å²) < 4.78 is 1.91. The van der Waals surface area contributed by atoms with Crippen LogP contribution in [0.4, 0.5) is 11.4 Å². The van der Waals surface area contributed by atoms with Gasteiger partial charge in [-0.3, -0.25) is 14.9 Å². The largest absolute Gasteiger partial charge is 0.325 e. The molecule has 10 heteroatoms. The minimum Gasteiger partial charge on any atom is -0.325 e. The zero-order valence-corrected chi connectivity index (χ0v) is 15.9. The standard InChI is InChI=1S/C16H18ClN5O3S/c1-4-7-21-15(10(2)3)19-20-16(21)26-9-14(23)18-11-5-6-12(17)13(8-11)22(24)25/h4-6,8,10H,1,7,9H2,2-3H3,(H,18,23). The lowest BCUT2D eigenvalue weighted by Crippen LogP contribution is -2.15. The van der Waals surface area contributed by atoms with Crippen molar-refractivity contribution in [3.8, 4) is 0 Å². The Morgan fingerprint density at radius 3 is 2.85 bits per heavy atom. The molecule has 1 amide bonds. The number of nitrogens with zero attached hydrogens (tertiary/aromatic N) is 4. The number of benzene rings is 1. The van der Waals surface area contributed by atoms with Crippen LogP contribution in [0.3, 0.4) is 0 Å². The first-order chi connectivity index (χ1) is 12.3. The minimum absolute atomic E-state index is 0.0149. The van der Waals surface area contributed by atoms with Gasteiger partial charge < -0.3 is 9.88 Å². The summed E-state index contributed by atoms with van der Waals surface area (Å²) in [4.78, 5) is 22.5. The van der Waals surface area contributed by atoms with Crippen LogP contribution in [0.25, 0.3) is 0 Å². The molecule has 0 saturated heterocycles. The molecule has 0 bridgehead atoms. The van der Waals surface area contributed by atoms with Gasteiger partial charge >= 0.3 is 0 Å². The van der Waals surface area contributed by atoms with Crippen LogP contribution in [-0.2, 0) is 11.3 Å². The van der Waals surface area contributed by atoms with E-state index in [1.807, 2.05) is 18.4 Å². The third-order valence-corrected chi connectivity index (χ3v) is 4.62. The summed E-state index contributed by atoms with van der Waals surface area (Å²) in [6.45, 7) is 8.30. The summed E-state index contributed by atoms with van der Waals surface area (Å²) in [6, 6.07) is 4.11. The number of hydrogen-bond donors (Lipinski definition) is 1. The lowest BCUT2D eigenvalue weighted by molar-refractivity contribution is -0.384. The van der Waals surface area contributed by atoms with Crippen LogP contribution in [0.1, 0.15) is 25.6 Å². The van der Waals surface area contributed by atoms with Crippen molar-refractivity contribution in [1.29, 1.82) is 0 Å². The third kappa shape index (κ3) is 4.83. The van der Waals surface area contributed by atoms with E-state index in [2.05, 4.69) is 22.1 Å². The van der Waals surface area contributed by atoms with Gasteiger partial charge in [0.1, 0.15) is 10.8 Å². The van der Waals surface area contributed by atoms with Gasteiger partial charge in [0.25, 0.3) is 5.69 Å². The van der Waals surface area contributed by atoms with Crippen LogP contribution in [0.5, 0.6) is 0 Å². The fourth-order valence-electron chi connectivity index (χ4n) is 2.19. The van der Waals surface area contributed by atoms with Crippen molar-refractivity contribution < 1.29 is 9.72 Å². The average molecular weight is 396 g/mol. The van der Waals surface area contributed by atoms with Gasteiger partial charge in [0.15, 0.2) is 5.16 Å². The van der Waals surface area contributed by atoms with Gasteiger partial charge in [-0.2, -0.15) is 0 Å². The lowest BCUT2D eigenvalue weighted by Gasteiger charge is -2.09. The number of nitro groups is 1. The number of allylic oxidation sites excluding steroid dienone is 1. The number of rotatable bonds is 8. The van der Waals surface area contributed by atoms with Crippen LogP contribution < -0.4 is 5.32 Å². The summed E-state index contributed by atoms with van der Waals surface area (Å²) in [5.74, 6) is 0.788. The molecule has 0 aliphatic carbocycles. The van der Waals surface area contributed by atoms with Gasteiger partial charge in [0.05, 0.1) is 10.7 Å². The first kappa shape index (κ1) is 19.9. The molecule has 0 fully saturated rings. The van der Waals surface area contributed by atoms with Crippen LogP contribution in [0.15, 0.2) is 36.0 Å². The molecule has 0 aliphatic rings. The highest BCUT2D eigenvalue weighted by Crippen LogP contribution is 2.27. The summed E-state index contributed by atoms with van der Waals surface area (Å²) in [5.41, 5.74) is 0.0477. The molecule has 1 aromatic heterocycles. The van der Waals surface area contributed by atoms with Crippen molar-refractivity contribution in [2.75, 3.05) is 11.1 Å². The highest BCUT2D eigenvalue weighted by molar-refractivity contribution is 7.99. The summed E-state index contributed by atoms with van der Waals surface area (Å²) in [5, 5.41) is 22.4. The van der Waals surface area contributed by atoms with Crippen molar-refractivity contribution in [2.45, 2.75) is 31.5 Å². The molecular weight excluding hydrogens is 378 g/mol. The molecular formula is C16H18ClN5O3S. The van der Waals surface area contributed by atoms with Crippen molar-refractivity contribution in [3.05, 3.63) is 51.8 Å². The summed E-state index contributed by atoms with van der Waals surface area (Å²) in [6.07, 6.45) is 1.74. The van der Waals surface area contributed by atoms with Gasteiger partial charge in [-0.05, 0) is 12.1 Å². The van der Waals surface area contributed by atoms with Crippen molar-refractivity contribution in [3.63, 3.8) is 0 Å². The number of carbonyl (C=O) groups is 1. The summed E-state index contributed by atoms with van der Waals surface area (Å²) in [7, 11) is 0. The van der Waals surface area contributed by atoms with Crippen LogP contribution in [0.2, 0.25) is 5.02 Å². The quantitative estimate of drug-likeness (QED) is 0.315. The van der Waals surface area contributed by atoms with Gasteiger partial charge in [0.2, 0.25) is 5.91 Å². The molecule has 0 spiro atoms. The molecule has 2 aromatic rings. The van der Waals surface area contributed by atoms with Crippen molar-refractivity contribution in [1.82, 2.24) is 14.8 Å². The highest BCUT2D eigenvalue weighted by atomic mass is 35.5. The second-order valence-corrected chi connectivity index (χ2v) is 7.00. The number of nitro benzene ring substituents is 1. The maximum atomic E-state index is 12.1. The number of amides is 1. The Morgan fingerprint density at radius 1 is 1.50 bits per heavy atom. The first-order valence-corrected chi connectivity index (χ1v) is 9.10. The topological polar surface area (TPSA) is 103 Å². The van der Waals surface area contributed by atoms with E-state index in [0.717, 1.165) is 5.82 Å². The molecule has 138 valence electrons. The molecule has 0 unspecified atom stereocenters. The Hall–Kier alpha value is -2.39. The predicted octanol–water partition coefficient (Wildman–Crippen LogP) is 3.88. The second-order valence-electron chi connectivity index (χ2n) is 5.65. The molecule has 1 aromatic carbocycles. The van der Waals surface area contributed by atoms with E-state index in [9.17, 15) is 14.9 Å². The molecule has 0 aliphatic heterocycles. The number of nitrogens with one attached hydrogen (secondary N) is 1. The van der Waals surface area contributed by atoms with E-state index in [-0.39, 0.29) is 28.3 Å². The van der Waals surface area contributed by atoms with Gasteiger partial charge in [-0.15, -0.1) is 16.8 Å². The molecule has 8 nitrogen and oxygen atoms in total. The van der Waals surface area contributed by atoms with Gasteiger partial charge in [-0.25, -0.2) is 0 Å². The minimum atomic E-state index is -0.599. The summed E-state index contributed by atoms with van der Waals surface area (Å²) >= 11 is 7.00. The zero-order chi connectivity index (χ0) is 19.3. The Kier molecular flexibility index (Phi) is 6.76. The van der Waals surface area contributed by atoms with Crippen LogP contribution >= 0.6 is 23.4 Å². The van der Waals surface area contributed by atoms with Crippen LogP contribution in [0, 0.1) is 10.1 Å². The number of halogens is 1. The normalized spacial score (nSPS) is 10.8. The molecule has 2 rings (SSSR count). The van der Waals surface area contributed by atoms with Crippen molar-refractivity contribution in [2.24, 2.45) is 0 Å². The highest BCUT2D eigenvalue weighted by Gasteiger charge is 2.17. The fraction of sp³-hybridized carbons (Fsp3) is 0.312. The van der Waals surface area contributed by atoms with E-state index in [0.29, 0.717) is 17.4 Å². The smallest absolute Gasteiger partial charge is 0.289 e. The van der Waals surface area contributed by atoms with E-state index >= 15 is 0 Å². The third-order valence-electron chi connectivity index (χ3n) is 3.33. The Morgan fingerprint density at radius 2 is 2.23 bits per heavy atom. The molecule has 26 heavy (non-hydrogen) atoms. The molecule has 0 saturated carbocycles. The number of thioether (sulfide) groups is 1. The fourth-order valence-corrected chi connectivity index (χ4v) is 3.13. The maximum Gasteiger partial charge on any atom is 0.289 e. The van der Waals surface area contributed by atoms with Crippen molar-refractivity contribution >= 4 is 40.6 Å². The SMILES string of the molecule is C=CCn1c(SCC(=O)Nc2ccc(Cl)c([N+](=O)[O-])c2)nnc1C(C)C. The first-order valence-electron chi connectivity index (χ1n) is 7.74. The molecule has 1 heterocycles. The second kappa shape index (κ2) is 8.81. The predicted molar refractivity (Wildman–Crippen MR) is 102 cm³/mol. The monoisotopic (exact) mass is 395 g/mol. The Labute approximate surface area is 159 Å². The molecule has 1 N–H and O–H groups in total. The number of carbonyl (C=O) groups excluding carboxylic acids is 1. The van der Waals surface area contributed by atoms with E-state index in [4.69, 9.17) is 11.6 Å². The van der Waals surface area contributed by atoms with Crippen LogP contribution in [-0.4, -0.2) is 31.3 Å².